The number of benzene rings is 1. The number of sulfonamides is 1. The Hall–Kier alpha value is -2.79. The van der Waals surface area contributed by atoms with E-state index < -0.39 is 14.8 Å². The lowest BCUT2D eigenvalue weighted by Gasteiger charge is -2.19. The van der Waals surface area contributed by atoms with E-state index in [1.165, 1.54) is 11.3 Å². The molecule has 0 aliphatic rings. The highest BCUT2D eigenvalue weighted by Crippen LogP contribution is 2.33. The molecular formula is C19H24N6O3S2. The van der Waals surface area contributed by atoms with Gasteiger partial charge in [-0.1, -0.05) is 11.3 Å². The van der Waals surface area contributed by atoms with Crippen molar-refractivity contribution < 1.29 is 13.2 Å². The predicted octanol–water partition coefficient (Wildman–Crippen LogP) is 3.74. The molecule has 2 amide bonds. The number of aromatic nitrogens is 3. The maximum absolute atomic E-state index is 12.3. The molecule has 30 heavy (non-hydrogen) atoms. The topological polar surface area (TPSA) is 126 Å². The Morgan fingerprint density at radius 2 is 1.80 bits per heavy atom. The Kier molecular flexibility index (Phi) is 5.95. The molecule has 0 atom stereocenters. The molecule has 0 aliphatic heterocycles. The van der Waals surface area contributed by atoms with Gasteiger partial charge in [-0.25, -0.2) is 28.2 Å². The number of nitrogens with zero attached hydrogens (tertiary/aromatic N) is 3. The Morgan fingerprint density at radius 3 is 2.40 bits per heavy atom. The summed E-state index contributed by atoms with van der Waals surface area (Å²) in [6, 6.07) is 3.57. The van der Waals surface area contributed by atoms with Gasteiger partial charge in [-0.05, 0) is 57.9 Å². The van der Waals surface area contributed by atoms with Crippen LogP contribution in [0.2, 0.25) is 0 Å². The smallest absolute Gasteiger partial charge is 0.321 e. The molecule has 3 aromatic rings. The van der Waals surface area contributed by atoms with Crippen LogP contribution in [0.5, 0.6) is 0 Å². The monoisotopic (exact) mass is 448 g/mol. The average Bonchev–Trinajstić information content (AvgIpc) is 3.04. The molecule has 0 bridgehead atoms. The number of hydrogen-bond acceptors (Lipinski definition) is 7. The van der Waals surface area contributed by atoms with Crippen LogP contribution in [0.25, 0.3) is 21.3 Å². The molecule has 0 saturated heterocycles. The minimum atomic E-state index is -3.60. The molecule has 9 nitrogen and oxygen atoms in total. The number of hydrogen-bond donors (Lipinski definition) is 3. The number of aryl methyl sites for hydroxylation is 1. The van der Waals surface area contributed by atoms with E-state index in [4.69, 9.17) is 0 Å². The van der Waals surface area contributed by atoms with Crippen LogP contribution >= 0.6 is 11.3 Å². The summed E-state index contributed by atoms with van der Waals surface area (Å²) in [6.45, 7) is 9.14. The van der Waals surface area contributed by atoms with Crippen LogP contribution in [0.4, 0.5) is 15.9 Å². The van der Waals surface area contributed by atoms with Crippen molar-refractivity contribution in [1.82, 2.24) is 20.3 Å². The first-order valence-corrected chi connectivity index (χ1v) is 11.6. The van der Waals surface area contributed by atoms with Gasteiger partial charge < -0.3 is 5.32 Å². The first kappa shape index (κ1) is 21.9. The van der Waals surface area contributed by atoms with Crippen LogP contribution in [0.15, 0.2) is 24.5 Å². The number of amides is 2. The molecule has 160 valence electrons. The van der Waals surface area contributed by atoms with Gasteiger partial charge in [0.15, 0.2) is 5.13 Å². The highest BCUT2D eigenvalue weighted by atomic mass is 32.2. The van der Waals surface area contributed by atoms with Gasteiger partial charge in [0, 0.05) is 24.5 Å². The molecule has 0 saturated carbocycles. The summed E-state index contributed by atoms with van der Waals surface area (Å²) in [4.78, 5) is 24.5. The SMILES string of the molecule is CCNC(=O)Nc1nc2cc(-c3cnc(NS(=O)(=O)C(C)(C)C)nc3)cc(C)c2s1. The van der Waals surface area contributed by atoms with Crippen molar-refractivity contribution in [1.29, 1.82) is 0 Å². The molecule has 1 aromatic carbocycles. The maximum atomic E-state index is 12.3. The van der Waals surface area contributed by atoms with Crippen LogP contribution in [0.1, 0.15) is 33.3 Å². The van der Waals surface area contributed by atoms with Crippen molar-refractivity contribution in [2.45, 2.75) is 39.4 Å². The fraction of sp³-hybridized carbons (Fsp3) is 0.368. The van der Waals surface area contributed by atoms with E-state index >= 15 is 0 Å². The Morgan fingerprint density at radius 1 is 1.13 bits per heavy atom. The molecular weight excluding hydrogens is 424 g/mol. The third-order valence-corrected chi connectivity index (χ3v) is 7.44. The summed E-state index contributed by atoms with van der Waals surface area (Å²) >= 11 is 1.40. The van der Waals surface area contributed by atoms with E-state index in [0.29, 0.717) is 11.7 Å². The highest BCUT2D eigenvalue weighted by Gasteiger charge is 2.29. The third kappa shape index (κ3) is 4.68. The zero-order valence-corrected chi connectivity index (χ0v) is 19.0. The zero-order chi connectivity index (χ0) is 22.1. The largest absolute Gasteiger partial charge is 0.338 e. The number of anilines is 2. The fourth-order valence-corrected chi connectivity index (χ4v) is 4.09. The highest BCUT2D eigenvalue weighted by molar-refractivity contribution is 7.94. The number of rotatable bonds is 5. The van der Waals surface area contributed by atoms with Gasteiger partial charge in [-0.15, -0.1) is 0 Å². The average molecular weight is 449 g/mol. The summed E-state index contributed by atoms with van der Waals surface area (Å²) in [5, 5.41) is 5.91. The van der Waals surface area contributed by atoms with Crippen molar-refractivity contribution in [3.05, 3.63) is 30.1 Å². The molecule has 3 rings (SSSR count). The molecule has 0 spiro atoms. The standard InChI is InChI=1S/C19H24N6O3S2/c1-6-20-17(26)24-18-23-14-8-12(7-11(2)15(14)29-18)13-9-21-16(22-10-13)25-30(27,28)19(3,4)5/h7-10H,6H2,1-5H3,(H,21,22,25)(H2,20,23,24,26). The van der Waals surface area contributed by atoms with E-state index in [1.807, 2.05) is 26.0 Å². The Bertz CT molecular complexity index is 1180. The molecule has 0 unspecified atom stereocenters. The van der Waals surface area contributed by atoms with Crippen LogP contribution in [0, 0.1) is 6.92 Å². The summed E-state index contributed by atoms with van der Waals surface area (Å²) in [7, 11) is -3.60. The number of nitrogens with one attached hydrogen (secondary N) is 3. The number of fused-ring (bicyclic) bond motifs is 1. The van der Waals surface area contributed by atoms with Gasteiger partial charge in [0.2, 0.25) is 16.0 Å². The summed E-state index contributed by atoms with van der Waals surface area (Å²) < 4.78 is 26.9. The quantitative estimate of drug-likeness (QED) is 0.546. The second-order valence-electron chi connectivity index (χ2n) is 7.66. The van der Waals surface area contributed by atoms with Gasteiger partial charge in [-0.3, -0.25) is 10.0 Å². The van der Waals surface area contributed by atoms with E-state index in [-0.39, 0.29) is 12.0 Å². The second-order valence-corrected chi connectivity index (χ2v) is 11.1. The van der Waals surface area contributed by atoms with Gasteiger partial charge in [0.25, 0.3) is 0 Å². The lowest BCUT2D eigenvalue weighted by atomic mass is 10.1. The number of carbonyl (C=O) groups excluding carboxylic acids is 1. The van der Waals surface area contributed by atoms with Crippen molar-refractivity contribution in [3.8, 4) is 11.1 Å². The third-order valence-electron chi connectivity index (χ3n) is 4.25. The van der Waals surface area contributed by atoms with Gasteiger partial charge in [0.05, 0.1) is 15.0 Å². The van der Waals surface area contributed by atoms with E-state index in [0.717, 1.165) is 26.9 Å². The summed E-state index contributed by atoms with van der Waals surface area (Å²) in [5.41, 5.74) is 3.32. The first-order chi connectivity index (χ1) is 14.0. The summed E-state index contributed by atoms with van der Waals surface area (Å²) in [6.07, 6.45) is 3.13. The Balaban J connectivity index is 1.87. The van der Waals surface area contributed by atoms with Crippen molar-refractivity contribution in [2.24, 2.45) is 0 Å². The summed E-state index contributed by atoms with van der Waals surface area (Å²) in [5.74, 6) is 0.0218. The van der Waals surface area contributed by atoms with Gasteiger partial charge in [-0.2, -0.15) is 0 Å². The second kappa shape index (κ2) is 8.15. The maximum Gasteiger partial charge on any atom is 0.321 e. The van der Waals surface area contributed by atoms with E-state index in [2.05, 4.69) is 30.3 Å². The van der Waals surface area contributed by atoms with Gasteiger partial charge in [0.1, 0.15) is 0 Å². The van der Waals surface area contributed by atoms with Crippen molar-refractivity contribution in [3.63, 3.8) is 0 Å². The zero-order valence-electron chi connectivity index (χ0n) is 17.4. The van der Waals surface area contributed by atoms with Crippen molar-refractivity contribution >= 4 is 48.7 Å². The Labute approximate surface area is 179 Å². The van der Waals surface area contributed by atoms with Gasteiger partial charge >= 0.3 is 6.03 Å². The predicted molar refractivity (Wildman–Crippen MR) is 120 cm³/mol. The normalized spacial score (nSPS) is 12.0. The van der Waals surface area contributed by atoms with E-state index in [1.54, 1.807) is 33.2 Å². The number of urea groups is 1. The van der Waals surface area contributed by atoms with Crippen molar-refractivity contribution in [2.75, 3.05) is 16.6 Å². The molecule has 3 N–H and O–H groups in total. The molecule has 0 aliphatic carbocycles. The van der Waals surface area contributed by atoms with E-state index in [9.17, 15) is 13.2 Å². The molecule has 0 radical (unpaired) electrons. The number of thiazole rings is 1. The van der Waals surface area contributed by atoms with Crippen LogP contribution < -0.4 is 15.4 Å². The fourth-order valence-electron chi connectivity index (χ4n) is 2.53. The number of carbonyl (C=O) groups is 1. The lowest BCUT2D eigenvalue weighted by molar-refractivity contribution is 0.252. The first-order valence-electron chi connectivity index (χ1n) is 9.31. The minimum absolute atomic E-state index is 0.0218. The lowest BCUT2D eigenvalue weighted by Crippen LogP contribution is -2.34. The van der Waals surface area contributed by atoms with Crippen LogP contribution in [0.3, 0.4) is 0 Å². The molecule has 0 fully saturated rings. The van der Waals surface area contributed by atoms with Crippen LogP contribution in [-0.4, -0.2) is 40.7 Å². The molecule has 2 aromatic heterocycles. The van der Waals surface area contributed by atoms with Crippen LogP contribution in [-0.2, 0) is 10.0 Å². The minimum Gasteiger partial charge on any atom is -0.338 e. The molecule has 2 heterocycles. The molecule has 11 heteroatoms.